The summed E-state index contributed by atoms with van der Waals surface area (Å²) >= 11 is 1.52. The number of hydrogen-bond acceptors (Lipinski definition) is 3. The number of carbonyl (C=O) groups is 1. The van der Waals surface area contributed by atoms with Crippen molar-refractivity contribution in [3.8, 4) is 0 Å². The maximum absolute atomic E-state index is 12.3. The summed E-state index contributed by atoms with van der Waals surface area (Å²) in [4.78, 5) is 17.6. The molecule has 1 aliphatic heterocycles. The zero-order valence-corrected chi connectivity index (χ0v) is 13.1. The van der Waals surface area contributed by atoms with E-state index in [1.165, 1.54) is 16.9 Å². The number of carbonyl (C=O) groups excluding carboxylic acids is 1. The average molecular weight is 300 g/mol. The van der Waals surface area contributed by atoms with E-state index >= 15 is 0 Å². The fraction of sp³-hybridized carbons (Fsp3) is 0.353. The third kappa shape index (κ3) is 3.17. The summed E-state index contributed by atoms with van der Waals surface area (Å²) in [6.45, 7) is 5.74. The van der Waals surface area contributed by atoms with Gasteiger partial charge in [-0.2, -0.15) is 0 Å². The molecule has 0 saturated carbocycles. The molecule has 3 nitrogen and oxygen atoms in total. The van der Waals surface area contributed by atoms with Crippen LogP contribution in [0.25, 0.3) is 0 Å². The molecule has 0 N–H and O–H groups in total. The third-order valence-corrected chi connectivity index (χ3v) is 5.02. The third-order valence-electron chi connectivity index (χ3n) is 4.16. The molecule has 1 aliphatic rings. The highest BCUT2D eigenvalue weighted by atomic mass is 32.1. The summed E-state index contributed by atoms with van der Waals surface area (Å²) in [7, 11) is 0. The van der Waals surface area contributed by atoms with Gasteiger partial charge in [0.05, 0.1) is 4.88 Å². The van der Waals surface area contributed by atoms with Gasteiger partial charge in [0.1, 0.15) is 0 Å². The summed E-state index contributed by atoms with van der Waals surface area (Å²) in [6.07, 6.45) is 0. The van der Waals surface area contributed by atoms with Crippen LogP contribution in [-0.2, 0) is 0 Å². The monoisotopic (exact) mass is 300 g/mol. The van der Waals surface area contributed by atoms with Crippen molar-refractivity contribution in [2.24, 2.45) is 0 Å². The number of rotatable bonds is 3. The Hall–Kier alpha value is -1.65. The number of piperazine rings is 1. The Balaban J connectivity index is 1.59. The Kier molecular flexibility index (Phi) is 4.36. The second-order valence-corrected chi connectivity index (χ2v) is 6.34. The lowest BCUT2D eigenvalue weighted by Gasteiger charge is -2.38. The minimum atomic E-state index is 0.178. The van der Waals surface area contributed by atoms with Gasteiger partial charge < -0.3 is 4.90 Å². The summed E-state index contributed by atoms with van der Waals surface area (Å²) in [6, 6.07) is 14.8. The Morgan fingerprint density at radius 3 is 2.38 bits per heavy atom. The first-order chi connectivity index (χ1) is 10.3. The molecule has 1 aromatic carbocycles. The fourth-order valence-corrected chi connectivity index (χ4v) is 3.50. The Bertz CT molecular complexity index is 574. The predicted octanol–water partition coefficient (Wildman–Crippen LogP) is 3.27. The first-order valence-electron chi connectivity index (χ1n) is 7.37. The normalized spacial score (nSPS) is 17.7. The fourth-order valence-electron chi connectivity index (χ4n) is 2.81. The lowest BCUT2D eigenvalue weighted by molar-refractivity contribution is 0.0586. The van der Waals surface area contributed by atoms with Crippen LogP contribution in [0.1, 0.15) is 28.2 Å². The van der Waals surface area contributed by atoms with Crippen LogP contribution in [-0.4, -0.2) is 41.9 Å². The molecule has 0 bridgehead atoms. The van der Waals surface area contributed by atoms with Crippen LogP contribution >= 0.6 is 11.3 Å². The van der Waals surface area contributed by atoms with Crippen LogP contribution in [0.2, 0.25) is 0 Å². The zero-order chi connectivity index (χ0) is 14.7. The van der Waals surface area contributed by atoms with E-state index in [0.29, 0.717) is 6.04 Å². The number of hydrogen-bond donors (Lipinski definition) is 0. The van der Waals surface area contributed by atoms with Crippen LogP contribution < -0.4 is 0 Å². The van der Waals surface area contributed by atoms with Crippen molar-refractivity contribution < 1.29 is 4.79 Å². The van der Waals surface area contributed by atoms with Gasteiger partial charge in [-0.05, 0) is 23.9 Å². The van der Waals surface area contributed by atoms with E-state index in [1.807, 2.05) is 28.5 Å². The molecule has 2 heterocycles. The van der Waals surface area contributed by atoms with Gasteiger partial charge in [-0.25, -0.2) is 0 Å². The van der Waals surface area contributed by atoms with E-state index in [1.54, 1.807) is 0 Å². The molecule has 0 aliphatic carbocycles. The quantitative estimate of drug-likeness (QED) is 0.868. The van der Waals surface area contributed by atoms with Gasteiger partial charge in [0.2, 0.25) is 0 Å². The standard InChI is InChI=1S/C17H20N2OS/c1-14(15-6-3-2-4-7-15)18-9-11-19(12-10-18)17(20)16-8-5-13-21-16/h2-8,13-14H,9-12H2,1H3. The maximum atomic E-state index is 12.3. The number of thiophene rings is 1. The second kappa shape index (κ2) is 6.41. The number of nitrogens with zero attached hydrogens (tertiary/aromatic N) is 2. The highest BCUT2D eigenvalue weighted by Gasteiger charge is 2.25. The largest absolute Gasteiger partial charge is 0.335 e. The smallest absolute Gasteiger partial charge is 0.264 e. The molecule has 1 atom stereocenters. The van der Waals surface area contributed by atoms with Crippen molar-refractivity contribution in [2.45, 2.75) is 13.0 Å². The van der Waals surface area contributed by atoms with Crippen molar-refractivity contribution in [1.29, 1.82) is 0 Å². The molecule has 1 unspecified atom stereocenters. The first kappa shape index (κ1) is 14.3. The molecular formula is C17H20N2OS. The average Bonchev–Trinajstić information content (AvgIpc) is 3.09. The van der Waals surface area contributed by atoms with Gasteiger partial charge in [-0.1, -0.05) is 36.4 Å². The molecule has 1 saturated heterocycles. The molecular weight excluding hydrogens is 280 g/mol. The highest BCUT2D eigenvalue weighted by molar-refractivity contribution is 7.12. The van der Waals surface area contributed by atoms with Gasteiger partial charge in [-0.3, -0.25) is 9.69 Å². The molecule has 1 fully saturated rings. The molecule has 4 heteroatoms. The summed E-state index contributed by atoms with van der Waals surface area (Å²) in [5, 5.41) is 1.96. The molecule has 21 heavy (non-hydrogen) atoms. The van der Waals surface area contributed by atoms with Crippen LogP contribution in [0.15, 0.2) is 47.8 Å². The minimum Gasteiger partial charge on any atom is -0.335 e. The van der Waals surface area contributed by atoms with Gasteiger partial charge in [0.15, 0.2) is 0 Å². The van der Waals surface area contributed by atoms with Gasteiger partial charge in [-0.15, -0.1) is 11.3 Å². The van der Waals surface area contributed by atoms with Crippen LogP contribution in [0.4, 0.5) is 0 Å². The summed E-state index contributed by atoms with van der Waals surface area (Å²) in [5.74, 6) is 0.178. The number of amides is 1. The van der Waals surface area contributed by atoms with Gasteiger partial charge in [0, 0.05) is 32.2 Å². The Labute approximate surface area is 129 Å². The van der Waals surface area contributed by atoms with Crippen LogP contribution in [0.3, 0.4) is 0 Å². The number of benzene rings is 1. The molecule has 3 rings (SSSR count). The summed E-state index contributed by atoms with van der Waals surface area (Å²) < 4.78 is 0. The highest BCUT2D eigenvalue weighted by Crippen LogP contribution is 2.22. The lowest BCUT2D eigenvalue weighted by Crippen LogP contribution is -2.49. The van der Waals surface area contributed by atoms with Crippen LogP contribution in [0.5, 0.6) is 0 Å². The minimum absolute atomic E-state index is 0.178. The Morgan fingerprint density at radius 2 is 1.76 bits per heavy atom. The van der Waals surface area contributed by atoms with E-state index in [4.69, 9.17) is 0 Å². The molecule has 1 amide bonds. The topological polar surface area (TPSA) is 23.6 Å². The van der Waals surface area contributed by atoms with Crippen molar-refractivity contribution in [2.75, 3.05) is 26.2 Å². The van der Waals surface area contributed by atoms with Gasteiger partial charge in [0.25, 0.3) is 5.91 Å². The first-order valence-corrected chi connectivity index (χ1v) is 8.25. The van der Waals surface area contributed by atoms with Crippen LogP contribution in [0, 0.1) is 0 Å². The van der Waals surface area contributed by atoms with Crippen molar-refractivity contribution in [3.63, 3.8) is 0 Å². The van der Waals surface area contributed by atoms with E-state index in [2.05, 4.69) is 36.1 Å². The lowest BCUT2D eigenvalue weighted by atomic mass is 10.1. The molecule has 2 aromatic rings. The Morgan fingerprint density at radius 1 is 1.05 bits per heavy atom. The SMILES string of the molecule is CC(c1ccccc1)N1CCN(C(=O)c2cccs2)CC1. The van der Waals surface area contributed by atoms with Crippen molar-refractivity contribution in [1.82, 2.24) is 9.80 Å². The van der Waals surface area contributed by atoms with Gasteiger partial charge >= 0.3 is 0 Å². The summed E-state index contributed by atoms with van der Waals surface area (Å²) in [5.41, 5.74) is 1.34. The molecule has 110 valence electrons. The van der Waals surface area contributed by atoms with Crippen molar-refractivity contribution >= 4 is 17.2 Å². The molecule has 0 spiro atoms. The second-order valence-electron chi connectivity index (χ2n) is 5.39. The van der Waals surface area contributed by atoms with E-state index in [0.717, 1.165) is 31.1 Å². The zero-order valence-electron chi connectivity index (χ0n) is 12.2. The molecule has 0 radical (unpaired) electrons. The van der Waals surface area contributed by atoms with Crippen molar-refractivity contribution in [3.05, 3.63) is 58.3 Å². The molecule has 1 aromatic heterocycles. The van der Waals surface area contributed by atoms with E-state index in [9.17, 15) is 4.79 Å². The van der Waals surface area contributed by atoms with E-state index < -0.39 is 0 Å². The maximum Gasteiger partial charge on any atom is 0.264 e. The van der Waals surface area contributed by atoms with E-state index in [-0.39, 0.29) is 5.91 Å². The predicted molar refractivity (Wildman–Crippen MR) is 86.7 cm³/mol.